The summed E-state index contributed by atoms with van der Waals surface area (Å²) in [7, 11) is 2.03. The third kappa shape index (κ3) is 4.22. The quantitative estimate of drug-likeness (QED) is 0.474. The largest absolute Gasteiger partial charge is 0.283 e. The molecular weight excluding hydrogens is 392 g/mol. The fraction of sp³-hybridized carbons (Fsp3) is 0.150. The predicted molar refractivity (Wildman–Crippen MR) is 113 cm³/mol. The maximum absolute atomic E-state index is 5.95. The highest BCUT2D eigenvalue weighted by Gasteiger charge is 2.09. The van der Waals surface area contributed by atoms with Crippen LogP contribution in [0.15, 0.2) is 67.0 Å². The van der Waals surface area contributed by atoms with Gasteiger partial charge in [-0.1, -0.05) is 29.8 Å². The van der Waals surface area contributed by atoms with Crippen molar-refractivity contribution in [3.8, 4) is 17.1 Å². The lowest BCUT2D eigenvalue weighted by Crippen LogP contribution is -2.22. The number of nitrogens with one attached hydrogen (secondary N) is 1. The summed E-state index contributed by atoms with van der Waals surface area (Å²) in [5.41, 5.74) is 3.11. The lowest BCUT2D eigenvalue weighted by molar-refractivity contribution is 0.244. The zero-order valence-electron chi connectivity index (χ0n) is 15.3. The molecular formula is C20H19ClN6S. The Morgan fingerprint density at radius 3 is 2.61 bits per heavy atom. The van der Waals surface area contributed by atoms with Gasteiger partial charge >= 0.3 is 0 Å². The van der Waals surface area contributed by atoms with Crippen molar-refractivity contribution in [2.24, 2.45) is 0 Å². The molecule has 0 aliphatic heterocycles. The summed E-state index contributed by atoms with van der Waals surface area (Å²) in [6.07, 6.45) is 3.92. The Labute approximate surface area is 173 Å². The molecule has 1 N–H and O–H groups in total. The van der Waals surface area contributed by atoms with E-state index >= 15 is 0 Å². The van der Waals surface area contributed by atoms with Gasteiger partial charge in [0.05, 0.1) is 18.6 Å². The van der Waals surface area contributed by atoms with Gasteiger partial charge in [0.2, 0.25) is 4.77 Å². The van der Waals surface area contributed by atoms with E-state index in [9.17, 15) is 0 Å². The van der Waals surface area contributed by atoms with Crippen LogP contribution in [0, 0.1) is 4.77 Å². The smallest absolute Gasteiger partial charge is 0.217 e. The molecule has 28 heavy (non-hydrogen) atoms. The van der Waals surface area contributed by atoms with E-state index in [0.717, 1.165) is 29.2 Å². The molecule has 0 saturated carbocycles. The molecule has 0 unspecified atom stereocenters. The maximum Gasteiger partial charge on any atom is 0.217 e. The first kappa shape index (κ1) is 18.6. The van der Waals surface area contributed by atoms with Gasteiger partial charge in [0.25, 0.3) is 0 Å². The second-order valence-electron chi connectivity index (χ2n) is 6.57. The summed E-state index contributed by atoms with van der Waals surface area (Å²) in [5.74, 6) is 0.729. The van der Waals surface area contributed by atoms with Crippen molar-refractivity contribution in [2.75, 3.05) is 7.05 Å². The summed E-state index contributed by atoms with van der Waals surface area (Å²) < 4.78 is 4.24. The normalized spacial score (nSPS) is 11.2. The van der Waals surface area contributed by atoms with Crippen LogP contribution in [0.4, 0.5) is 0 Å². The first-order valence-corrected chi connectivity index (χ1v) is 9.57. The third-order valence-electron chi connectivity index (χ3n) is 4.29. The Morgan fingerprint density at radius 1 is 1.11 bits per heavy atom. The molecule has 8 heteroatoms. The summed E-state index contributed by atoms with van der Waals surface area (Å²) in [5, 5.41) is 8.40. The number of aromatic nitrogens is 5. The summed E-state index contributed by atoms with van der Waals surface area (Å²) in [4.78, 5) is 6.60. The Hall–Kier alpha value is -2.74. The van der Waals surface area contributed by atoms with Gasteiger partial charge in [-0.3, -0.25) is 10.00 Å². The van der Waals surface area contributed by atoms with Crippen molar-refractivity contribution in [2.45, 2.75) is 13.2 Å². The zero-order chi connectivity index (χ0) is 19.5. The molecule has 0 radical (unpaired) electrons. The fourth-order valence-corrected chi connectivity index (χ4v) is 3.28. The van der Waals surface area contributed by atoms with Crippen LogP contribution < -0.4 is 0 Å². The molecule has 0 aliphatic rings. The van der Waals surface area contributed by atoms with Crippen molar-refractivity contribution in [3.63, 3.8) is 0 Å². The van der Waals surface area contributed by atoms with Crippen LogP contribution in [0.1, 0.15) is 5.56 Å². The van der Waals surface area contributed by atoms with E-state index in [-0.39, 0.29) is 0 Å². The summed E-state index contributed by atoms with van der Waals surface area (Å²) in [6, 6.07) is 17.6. The summed E-state index contributed by atoms with van der Waals surface area (Å²) in [6.45, 7) is 1.33. The van der Waals surface area contributed by atoms with Crippen LogP contribution >= 0.6 is 23.8 Å². The number of para-hydroxylation sites is 1. The van der Waals surface area contributed by atoms with Crippen molar-refractivity contribution < 1.29 is 0 Å². The highest BCUT2D eigenvalue weighted by atomic mass is 35.5. The SMILES string of the molecule is CN(Cc1cnn(-c2ccccc2)c1)Cn1[nH]c(-c2ccc(Cl)cc2)nc1=S. The van der Waals surface area contributed by atoms with Crippen molar-refractivity contribution in [1.82, 2.24) is 29.4 Å². The number of hydrogen-bond acceptors (Lipinski definition) is 4. The number of H-pyrrole nitrogens is 1. The monoisotopic (exact) mass is 410 g/mol. The predicted octanol–water partition coefficient (Wildman–Crippen LogP) is 4.54. The van der Waals surface area contributed by atoms with E-state index in [0.29, 0.717) is 16.5 Å². The van der Waals surface area contributed by atoms with E-state index < -0.39 is 0 Å². The fourth-order valence-electron chi connectivity index (χ4n) is 2.96. The minimum Gasteiger partial charge on any atom is -0.283 e. The molecule has 0 bridgehead atoms. The molecule has 4 aromatic rings. The molecule has 0 saturated heterocycles. The van der Waals surface area contributed by atoms with Gasteiger partial charge in [0.15, 0.2) is 5.82 Å². The highest BCUT2D eigenvalue weighted by molar-refractivity contribution is 7.71. The molecule has 2 aromatic heterocycles. The van der Waals surface area contributed by atoms with E-state index in [4.69, 9.17) is 23.8 Å². The number of rotatable bonds is 6. The average Bonchev–Trinajstić information content (AvgIpc) is 3.30. The molecule has 2 heterocycles. The van der Waals surface area contributed by atoms with Gasteiger partial charge in [-0.25, -0.2) is 9.36 Å². The second kappa shape index (κ2) is 8.10. The molecule has 2 aromatic carbocycles. The minimum atomic E-state index is 0.511. The Bertz CT molecular complexity index is 1110. The molecule has 0 atom stereocenters. The van der Waals surface area contributed by atoms with Gasteiger partial charge in [-0.05, 0) is 55.7 Å². The van der Waals surface area contributed by atoms with Crippen LogP contribution in [0.5, 0.6) is 0 Å². The van der Waals surface area contributed by atoms with Crippen molar-refractivity contribution in [3.05, 3.63) is 82.3 Å². The van der Waals surface area contributed by atoms with Gasteiger partial charge in [0.1, 0.15) is 0 Å². The molecule has 0 aliphatic carbocycles. The Kier molecular flexibility index (Phi) is 5.38. The minimum absolute atomic E-state index is 0.511. The van der Waals surface area contributed by atoms with Crippen LogP contribution in [0.3, 0.4) is 0 Å². The number of aromatic amines is 1. The van der Waals surface area contributed by atoms with Crippen LogP contribution in [0.25, 0.3) is 17.1 Å². The van der Waals surface area contributed by atoms with E-state index in [1.807, 2.05) is 83.4 Å². The van der Waals surface area contributed by atoms with Gasteiger partial charge in [0, 0.05) is 28.9 Å². The average molecular weight is 411 g/mol. The van der Waals surface area contributed by atoms with Crippen LogP contribution in [0.2, 0.25) is 5.02 Å². The molecule has 6 nitrogen and oxygen atoms in total. The third-order valence-corrected chi connectivity index (χ3v) is 4.85. The van der Waals surface area contributed by atoms with E-state index in [2.05, 4.69) is 20.1 Å². The van der Waals surface area contributed by atoms with Crippen molar-refractivity contribution in [1.29, 1.82) is 0 Å². The second-order valence-corrected chi connectivity index (χ2v) is 7.38. The van der Waals surface area contributed by atoms with Gasteiger partial charge in [-0.15, -0.1) is 0 Å². The first-order chi connectivity index (χ1) is 13.6. The first-order valence-electron chi connectivity index (χ1n) is 8.79. The van der Waals surface area contributed by atoms with Gasteiger partial charge < -0.3 is 0 Å². The number of hydrogen-bond donors (Lipinski definition) is 1. The topological polar surface area (TPSA) is 54.7 Å². The summed E-state index contributed by atoms with van der Waals surface area (Å²) >= 11 is 11.4. The number of halogens is 1. The van der Waals surface area contributed by atoms with Crippen LogP contribution in [-0.4, -0.2) is 36.5 Å². The Balaban J connectivity index is 1.44. The molecule has 0 amide bonds. The van der Waals surface area contributed by atoms with Crippen LogP contribution in [-0.2, 0) is 13.2 Å². The Morgan fingerprint density at radius 2 is 1.86 bits per heavy atom. The molecule has 0 fully saturated rings. The number of benzene rings is 2. The maximum atomic E-state index is 5.95. The molecule has 142 valence electrons. The highest BCUT2D eigenvalue weighted by Crippen LogP contribution is 2.18. The van der Waals surface area contributed by atoms with Gasteiger partial charge in [-0.2, -0.15) is 10.1 Å². The lowest BCUT2D eigenvalue weighted by Gasteiger charge is -2.15. The van der Waals surface area contributed by atoms with Crippen molar-refractivity contribution >= 4 is 23.8 Å². The standard InChI is InChI=1S/C20H19ClN6S/c1-25(12-15-11-22-26(13-15)18-5-3-2-4-6-18)14-27-20(28)23-19(24-27)16-7-9-17(21)10-8-16/h2-11,13H,12,14H2,1H3,(H,23,24,28). The van der Waals surface area contributed by atoms with E-state index in [1.165, 1.54) is 0 Å². The zero-order valence-corrected chi connectivity index (χ0v) is 16.9. The van der Waals surface area contributed by atoms with E-state index in [1.54, 1.807) is 0 Å². The number of nitrogens with zero attached hydrogens (tertiary/aromatic N) is 5. The molecule has 4 rings (SSSR count). The lowest BCUT2D eigenvalue weighted by atomic mass is 10.2. The molecule has 0 spiro atoms.